The summed E-state index contributed by atoms with van der Waals surface area (Å²) in [6.07, 6.45) is 5.35. The van der Waals surface area contributed by atoms with E-state index in [1.54, 1.807) is 6.20 Å². The number of benzene rings is 1. The van der Waals surface area contributed by atoms with Crippen LogP contribution in [0.4, 0.5) is 4.79 Å². The first-order chi connectivity index (χ1) is 8.22. The fourth-order valence-electron chi connectivity index (χ4n) is 1.49. The Kier molecular flexibility index (Phi) is 5.86. The summed E-state index contributed by atoms with van der Waals surface area (Å²) in [4.78, 5) is 11.3. The third-order valence-corrected chi connectivity index (χ3v) is 2.35. The first kappa shape index (κ1) is 13.3. The molecule has 0 radical (unpaired) electrons. The van der Waals surface area contributed by atoms with Crippen LogP contribution < -0.4 is 10.6 Å². The van der Waals surface area contributed by atoms with E-state index in [-0.39, 0.29) is 6.03 Å². The summed E-state index contributed by atoms with van der Waals surface area (Å²) in [6.45, 7) is 4.74. The van der Waals surface area contributed by atoms with Crippen molar-refractivity contribution in [1.82, 2.24) is 10.6 Å². The van der Waals surface area contributed by atoms with Crippen LogP contribution in [-0.2, 0) is 6.42 Å². The molecule has 0 aromatic heterocycles. The van der Waals surface area contributed by atoms with E-state index in [0.717, 1.165) is 12.8 Å². The highest BCUT2D eigenvalue weighted by atomic mass is 16.2. The first-order valence-electron chi connectivity index (χ1n) is 5.97. The first-order valence-corrected chi connectivity index (χ1v) is 5.97. The molecule has 0 spiro atoms. The number of amides is 2. The van der Waals surface area contributed by atoms with E-state index in [2.05, 4.69) is 35.8 Å². The highest BCUT2D eigenvalue weighted by Gasteiger charge is 1.97. The Morgan fingerprint density at radius 2 is 2.24 bits per heavy atom. The smallest absolute Gasteiger partial charge is 0.318 e. The average Bonchev–Trinajstić information content (AvgIpc) is 2.29. The van der Waals surface area contributed by atoms with Gasteiger partial charge in [0.2, 0.25) is 0 Å². The van der Waals surface area contributed by atoms with Crippen LogP contribution in [0.1, 0.15) is 24.5 Å². The van der Waals surface area contributed by atoms with Crippen molar-refractivity contribution in [3.05, 3.63) is 47.7 Å². The van der Waals surface area contributed by atoms with Crippen molar-refractivity contribution in [1.29, 1.82) is 0 Å². The maximum absolute atomic E-state index is 11.3. The zero-order valence-electron chi connectivity index (χ0n) is 10.5. The van der Waals surface area contributed by atoms with Gasteiger partial charge in [0.1, 0.15) is 0 Å². The van der Waals surface area contributed by atoms with E-state index in [0.29, 0.717) is 6.54 Å². The fourth-order valence-corrected chi connectivity index (χ4v) is 1.49. The van der Waals surface area contributed by atoms with Crippen LogP contribution in [0.25, 0.3) is 0 Å². The van der Waals surface area contributed by atoms with Crippen molar-refractivity contribution in [2.75, 3.05) is 6.54 Å². The lowest BCUT2D eigenvalue weighted by Gasteiger charge is -2.05. The van der Waals surface area contributed by atoms with Gasteiger partial charge in [0.05, 0.1) is 0 Å². The second-order valence-electron chi connectivity index (χ2n) is 3.95. The Morgan fingerprint density at radius 3 is 2.94 bits per heavy atom. The van der Waals surface area contributed by atoms with Crippen molar-refractivity contribution >= 4 is 6.03 Å². The predicted octanol–water partition coefficient (Wildman–Crippen LogP) is 2.76. The van der Waals surface area contributed by atoms with Crippen LogP contribution in [0, 0.1) is 6.92 Å². The van der Waals surface area contributed by atoms with Crippen LogP contribution in [0.3, 0.4) is 0 Å². The SMILES string of the molecule is CC/C=C/NC(=O)NCCc1cccc(C)c1. The number of carbonyl (C=O) groups is 1. The Hall–Kier alpha value is -1.77. The zero-order valence-corrected chi connectivity index (χ0v) is 10.5. The predicted molar refractivity (Wildman–Crippen MR) is 70.8 cm³/mol. The number of hydrogen-bond donors (Lipinski definition) is 2. The summed E-state index contributed by atoms with van der Waals surface area (Å²) in [5.41, 5.74) is 2.49. The molecule has 3 nitrogen and oxygen atoms in total. The molecule has 0 bridgehead atoms. The lowest BCUT2D eigenvalue weighted by molar-refractivity contribution is 0.244. The molecule has 2 amide bonds. The summed E-state index contributed by atoms with van der Waals surface area (Å²) < 4.78 is 0. The molecule has 3 heteroatoms. The van der Waals surface area contributed by atoms with Crippen molar-refractivity contribution in [2.45, 2.75) is 26.7 Å². The third-order valence-electron chi connectivity index (χ3n) is 2.35. The highest BCUT2D eigenvalue weighted by molar-refractivity contribution is 5.74. The summed E-state index contributed by atoms with van der Waals surface area (Å²) in [5, 5.41) is 5.46. The largest absolute Gasteiger partial charge is 0.338 e. The van der Waals surface area contributed by atoms with Gasteiger partial charge in [0.15, 0.2) is 0 Å². The molecule has 0 fully saturated rings. The van der Waals surface area contributed by atoms with Crippen LogP contribution in [0.15, 0.2) is 36.5 Å². The topological polar surface area (TPSA) is 41.1 Å². The van der Waals surface area contributed by atoms with E-state index >= 15 is 0 Å². The number of aryl methyl sites for hydroxylation is 1. The van der Waals surface area contributed by atoms with E-state index in [9.17, 15) is 4.79 Å². The van der Waals surface area contributed by atoms with Crippen LogP contribution in [0.5, 0.6) is 0 Å². The number of hydrogen-bond acceptors (Lipinski definition) is 1. The molecule has 17 heavy (non-hydrogen) atoms. The molecule has 0 aliphatic heterocycles. The van der Waals surface area contributed by atoms with Gasteiger partial charge in [-0.25, -0.2) is 4.79 Å². The second kappa shape index (κ2) is 7.49. The molecule has 0 saturated heterocycles. The molecule has 0 aliphatic carbocycles. The van der Waals surface area contributed by atoms with Gasteiger partial charge in [-0.2, -0.15) is 0 Å². The Balaban J connectivity index is 2.23. The molecule has 1 rings (SSSR count). The lowest BCUT2D eigenvalue weighted by Crippen LogP contribution is -2.33. The molecule has 1 aromatic carbocycles. The van der Waals surface area contributed by atoms with Gasteiger partial charge in [-0.15, -0.1) is 0 Å². The van der Waals surface area contributed by atoms with Crippen LogP contribution >= 0.6 is 0 Å². The van der Waals surface area contributed by atoms with Crippen LogP contribution in [0.2, 0.25) is 0 Å². The number of carbonyl (C=O) groups excluding carboxylic acids is 1. The molecular formula is C14H20N2O. The average molecular weight is 232 g/mol. The molecule has 0 heterocycles. The number of nitrogens with one attached hydrogen (secondary N) is 2. The molecule has 2 N–H and O–H groups in total. The van der Waals surface area contributed by atoms with Gasteiger partial charge in [-0.3, -0.25) is 0 Å². The Morgan fingerprint density at radius 1 is 1.41 bits per heavy atom. The van der Waals surface area contributed by atoms with Gasteiger partial charge in [-0.1, -0.05) is 42.8 Å². The minimum atomic E-state index is -0.151. The maximum Gasteiger partial charge on any atom is 0.318 e. The number of urea groups is 1. The van der Waals surface area contributed by atoms with Gasteiger partial charge in [-0.05, 0) is 25.3 Å². The molecule has 0 saturated carbocycles. The molecule has 1 aromatic rings. The lowest BCUT2D eigenvalue weighted by atomic mass is 10.1. The Labute approximate surface area is 103 Å². The second-order valence-corrected chi connectivity index (χ2v) is 3.95. The monoisotopic (exact) mass is 232 g/mol. The maximum atomic E-state index is 11.3. The fraction of sp³-hybridized carbons (Fsp3) is 0.357. The molecule has 0 aliphatic rings. The van der Waals surface area contributed by atoms with E-state index in [1.807, 2.05) is 19.1 Å². The Bertz CT molecular complexity index is 386. The van der Waals surface area contributed by atoms with Gasteiger partial charge < -0.3 is 10.6 Å². The van der Waals surface area contributed by atoms with Gasteiger partial charge in [0, 0.05) is 12.7 Å². The standard InChI is InChI=1S/C14H20N2O/c1-3-4-9-15-14(17)16-10-8-13-7-5-6-12(2)11-13/h4-7,9,11H,3,8,10H2,1-2H3,(H2,15,16,17)/b9-4+. The van der Waals surface area contributed by atoms with Crippen molar-refractivity contribution < 1.29 is 4.79 Å². The highest BCUT2D eigenvalue weighted by Crippen LogP contribution is 2.03. The van der Waals surface area contributed by atoms with Crippen molar-refractivity contribution in [3.8, 4) is 0 Å². The minimum Gasteiger partial charge on any atom is -0.338 e. The third kappa shape index (κ3) is 5.76. The summed E-state index contributed by atoms with van der Waals surface area (Å²) in [7, 11) is 0. The summed E-state index contributed by atoms with van der Waals surface area (Å²) in [5.74, 6) is 0. The van der Waals surface area contributed by atoms with Crippen LogP contribution in [-0.4, -0.2) is 12.6 Å². The van der Waals surface area contributed by atoms with Crippen molar-refractivity contribution in [2.24, 2.45) is 0 Å². The molecule has 92 valence electrons. The zero-order chi connectivity index (χ0) is 12.5. The normalized spacial score (nSPS) is 10.5. The van der Waals surface area contributed by atoms with E-state index in [4.69, 9.17) is 0 Å². The van der Waals surface area contributed by atoms with Gasteiger partial charge in [0.25, 0.3) is 0 Å². The van der Waals surface area contributed by atoms with Gasteiger partial charge >= 0.3 is 6.03 Å². The molecule has 0 atom stereocenters. The molecular weight excluding hydrogens is 212 g/mol. The molecule has 0 unspecified atom stereocenters. The van der Waals surface area contributed by atoms with E-state index in [1.165, 1.54) is 11.1 Å². The van der Waals surface area contributed by atoms with E-state index < -0.39 is 0 Å². The summed E-state index contributed by atoms with van der Waals surface area (Å²) >= 11 is 0. The van der Waals surface area contributed by atoms with Crippen molar-refractivity contribution in [3.63, 3.8) is 0 Å². The minimum absolute atomic E-state index is 0.151. The quantitative estimate of drug-likeness (QED) is 0.805. The summed E-state index contributed by atoms with van der Waals surface area (Å²) in [6, 6.07) is 8.16. The number of rotatable bonds is 5. The number of allylic oxidation sites excluding steroid dienone is 1.